The number of amides is 1. The molecule has 2 unspecified atom stereocenters. The van der Waals surface area contributed by atoms with E-state index in [0.717, 1.165) is 36.9 Å². The quantitative estimate of drug-likeness (QED) is 0.613. The highest BCUT2D eigenvalue weighted by Gasteiger charge is 2.60. The summed E-state index contributed by atoms with van der Waals surface area (Å²) in [5.41, 5.74) is 10.1. The number of carbonyl (C=O) groups excluding carboxylic acids is 1. The molecule has 2 aliphatic carbocycles. The van der Waals surface area contributed by atoms with Crippen molar-refractivity contribution in [3.8, 4) is 11.4 Å². The van der Waals surface area contributed by atoms with Crippen LogP contribution in [0.3, 0.4) is 0 Å². The zero-order valence-electron chi connectivity index (χ0n) is 16.0. The maximum atomic E-state index is 12.9. The molecular weight excluding hydrogens is 386 g/mol. The van der Waals surface area contributed by atoms with Gasteiger partial charge in [0.1, 0.15) is 5.82 Å². The third kappa shape index (κ3) is 3.43. The number of aryl methyl sites for hydroxylation is 1. The van der Waals surface area contributed by atoms with E-state index in [1.165, 1.54) is 11.1 Å². The van der Waals surface area contributed by atoms with Gasteiger partial charge < -0.3 is 11.1 Å². The van der Waals surface area contributed by atoms with Crippen LogP contribution in [0.25, 0.3) is 11.4 Å². The van der Waals surface area contributed by atoms with Gasteiger partial charge in [-0.3, -0.25) is 9.89 Å². The first-order valence-corrected chi connectivity index (χ1v) is 9.81. The van der Waals surface area contributed by atoms with Gasteiger partial charge in [-0.25, -0.2) is 4.98 Å². The van der Waals surface area contributed by atoms with Gasteiger partial charge in [0.25, 0.3) is 0 Å². The fraction of sp³-hybridized carbons (Fsp3) is 0.318. The molecule has 1 heterocycles. The number of hydrogen-bond acceptors (Lipinski definition) is 4. The van der Waals surface area contributed by atoms with Crippen LogP contribution in [-0.4, -0.2) is 21.1 Å². The number of aromatic nitrogens is 3. The van der Waals surface area contributed by atoms with Crippen molar-refractivity contribution in [2.45, 2.75) is 37.6 Å². The van der Waals surface area contributed by atoms with Crippen LogP contribution in [0, 0.1) is 5.92 Å². The lowest BCUT2D eigenvalue weighted by atomic mass is 9.78. The van der Waals surface area contributed by atoms with Crippen LogP contribution in [0.4, 0.5) is 5.69 Å². The summed E-state index contributed by atoms with van der Waals surface area (Å²) in [7, 11) is 0. The lowest BCUT2D eigenvalue weighted by Gasteiger charge is -2.26. The van der Waals surface area contributed by atoms with Crippen LogP contribution in [0.5, 0.6) is 0 Å². The SMILES string of the molecule is Cl.NCc1nc(-c2ccc(NC(=O)C3CC34CCCc3ccccc34)cc2)n[nH]1. The number of hydrogen-bond donors (Lipinski definition) is 3. The standard InChI is InChI=1S/C22H23N5O.ClH/c23-13-19-25-20(27-26-19)15-7-9-16(10-8-15)24-21(28)18-12-22(18)11-3-5-14-4-1-2-6-17(14)22;/h1-2,4,6-10,18H,3,5,11-13,23H2,(H,24,28)(H,25,26,27);1H. The molecule has 1 amide bonds. The predicted molar refractivity (Wildman–Crippen MR) is 115 cm³/mol. The Bertz CT molecular complexity index is 1030. The van der Waals surface area contributed by atoms with Crippen molar-refractivity contribution in [3.63, 3.8) is 0 Å². The van der Waals surface area contributed by atoms with Crippen LogP contribution in [0.1, 0.15) is 36.2 Å². The first-order valence-electron chi connectivity index (χ1n) is 9.81. The van der Waals surface area contributed by atoms with Crippen molar-refractivity contribution in [2.24, 2.45) is 11.7 Å². The van der Waals surface area contributed by atoms with Gasteiger partial charge in [0.2, 0.25) is 5.91 Å². The number of halogens is 1. The average Bonchev–Trinajstić information content (AvgIpc) is 3.24. The smallest absolute Gasteiger partial charge is 0.228 e. The summed E-state index contributed by atoms with van der Waals surface area (Å²) in [6, 6.07) is 16.2. The topological polar surface area (TPSA) is 96.7 Å². The normalized spacial score (nSPS) is 21.9. The molecular formula is C22H24ClN5O. The summed E-state index contributed by atoms with van der Waals surface area (Å²) in [6.07, 6.45) is 4.35. The number of H-pyrrole nitrogens is 1. The molecule has 0 saturated heterocycles. The highest BCUT2D eigenvalue weighted by molar-refractivity contribution is 5.96. The summed E-state index contributed by atoms with van der Waals surface area (Å²) in [6.45, 7) is 0.327. The summed E-state index contributed by atoms with van der Waals surface area (Å²) in [5, 5.41) is 10.1. The first kappa shape index (κ1) is 19.6. The molecule has 4 N–H and O–H groups in total. The highest BCUT2D eigenvalue weighted by atomic mass is 35.5. The van der Waals surface area contributed by atoms with E-state index in [1.54, 1.807) is 0 Å². The summed E-state index contributed by atoms with van der Waals surface area (Å²) < 4.78 is 0. The van der Waals surface area contributed by atoms with Gasteiger partial charge in [-0.2, -0.15) is 5.10 Å². The monoisotopic (exact) mass is 409 g/mol. The number of fused-ring (bicyclic) bond motifs is 2. The second-order valence-electron chi connectivity index (χ2n) is 7.80. The minimum atomic E-state index is 0. The lowest BCUT2D eigenvalue weighted by Crippen LogP contribution is -2.24. The van der Waals surface area contributed by atoms with Gasteiger partial charge in [-0.15, -0.1) is 12.4 Å². The molecule has 6 nitrogen and oxygen atoms in total. The maximum Gasteiger partial charge on any atom is 0.228 e. The molecule has 0 bridgehead atoms. The molecule has 150 valence electrons. The Morgan fingerprint density at radius 1 is 1.21 bits per heavy atom. The van der Waals surface area contributed by atoms with E-state index in [1.807, 2.05) is 24.3 Å². The summed E-state index contributed by atoms with van der Waals surface area (Å²) in [4.78, 5) is 17.2. The maximum absolute atomic E-state index is 12.9. The van der Waals surface area contributed by atoms with Crippen molar-refractivity contribution in [2.75, 3.05) is 5.32 Å². The van der Waals surface area contributed by atoms with Gasteiger partial charge >= 0.3 is 0 Å². The Hall–Kier alpha value is -2.70. The van der Waals surface area contributed by atoms with Crippen molar-refractivity contribution in [3.05, 3.63) is 65.5 Å². The van der Waals surface area contributed by atoms with E-state index in [9.17, 15) is 4.79 Å². The number of nitrogens with two attached hydrogens (primary N) is 1. The molecule has 2 atom stereocenters. The number of carbonyl (C=O) groups is 1. The van der Waals surface area contributed by atoms with Gasteiger partial charge in [-0.1, -0.05) is 24.3 Å². The zero-order valence-corrected chi connectivity index (χ0v) is 16.8. The molecule has 2 aromatic carbocycles. The number of nitrogens with one attached hydrogen (secondary N) is 2. The number of rotatable bonds is 4. The minimum Gasteiger partial charge on any atom is -0.326 e. The van der Waals surface area contributed by atoms with E-state index in [-0.39, 0.29) is 29.6 Å². The first-order chi connectivity index (χ1) is 13.7. The summed E-state index contributed by atoms with van der Waals surface area (Å²) in [5.74, 6) is 1.44. The second kappa shape index (κ2) is 7.61. The van der Waals surface area contributed by atoms with Crippen molar-refractivity contribution in [1.29, 1.82) is 0 Å². The minimum absolute atomic E-state index is 0. The van der Waals surface area contributed by atoms with E-state index in [4.69, 9.17) is 5.73 Å². The van der Waals surface area contributed by atoms with Crippen LogP contribution in [-0.2, 0) is 23.2 Å². The fourth-order valence-corrected chi connectivity index (χ4v) is 4.62. The van der Waals surface area contributed by atoms with Crippen LogP contribution >= 0.6 is 12.4 Å². The second-order valence-corrected chi connectivity index (χ2v) is 7.80. The van der Waals surface area contributed by atoms with Crippen LogP contribution in [0.15, 0.2) is 48.5 Å². The number of nitrogens with zero attached hydrogens (tertiary/aromatic N) is 2. The molecule has 7 heteroatoms. The molecule has 1 fully saturated rings. The Morgan fingerprint density at radius 2 is 2.00 bits per heavy atom. The number of aromatic amines is 1. The van der Waals surface area contributed by atoms with Crippen molar-refractivity contribution >= 4 is 24.0 Å². The molecule has 1 saturated carbocycles. The molecule has 1 aromatic heterocycles. The largest absolute Gasteiger partial charge is 0.326 e. The van der Waals surface area contributed by atoms with Crippen molar-refractivity contribution in [1.82, 2.24) is 15.2 Å². The third-order valence-corrected chi connectivity index (χ3v) is 6.15. The number of anilines is 1. The van der Waals surface area contributed by atoms with E-state index in [0.29, 0.717) is 18.2 Å². The van der Waals surface area contributed by atoms with Crippen LogP contribution in [0.2, 0.25) is 0 Å². The highest BCUT2D eigenvalue weighted by Crippen LogP contribution is 2.60. The molecule has 29 heavy (non-hydrogen) atoms. The van der Waals surface area contributed by atoms with E-state index in [2.05, 4.69) is 44.8 Å². The Morgan fingerprint density at radius 3 is 2.76 bits per heavy atom. The fourth-order valence-electron chi connectivity index (χ4n) is 4.62. The molecule has 1 spiro atoms. The van der Waals surface area contributed by atoms with Gasteiger partial charge in [-0.05, 0) is 61.1 Å². The van der Waals surface area contributed by atoms with Gasteiger partial charge in [0.15, 0.2) is 5.82 Å². The molecule has 5 rings (SSSR count). The van der Waals surface area contributed by atoms with Crippen molar-refractivity contribution < 1.29 is 4.79 Å². The lowest BCUT2D eigenvalue weighted by molar-refractivity contribution is -0.117. The van der Waals surface area contributed by atoms with Gasteiger partial charge in [0.05, 0.1) is 6.54 Å². The van der Waals surface area contributed by atoms with E-state index < -0.39 is 0 Å². The molecule has 2 aliphatic rings. The summed E-state index contributed by atoms with van der Waals surface area (Å²) >= 11 is 0. The van der Waals surface area contributed by atoms with Gasteiger partial charge in [0, 0.05) is 22.6 Å². The third-order valence-electron chi connectivity index (χ3n) is 6.15. The average molecular weight is 410 g/mol. The Labute approximate surface area is 175 Å². The molecule has 0 radical (unpaired) electrons. The zero-order chi connectivity index (χ0) is 19.1. The Kier molecular flexibility index (Phi) is 5.15. The molecule has 0 aliphatic heterocycles. The number of benzene rings is 2. The van der Waals surface area contributed by atoms with Crippen LogP contribution < -0.4 is 11.1 Å². The van der Waals surface area contributed by atoms with E-state index >= 15 is 0 Å². The Balaban J connectivity index is 0.00000205. The molecule has 3 aromatic rings. The predicted octanol–water partition coefficient (Wildman–Crippen LogP) is 3.58.